The van der Waals surface area contributed by atoms with Gasteiger partial charge in [-0.2, -0.15) is 0 Å². The van der Waals surface area contributed by atoms with Gasteiger partial charge in [0, 0.05) is 6.04 Å². The fraction of sp³-hybridized carbons (Fsp3) is 0.611. The first-order valence-electron chi connectivity index (χ1n) is 8.20. The van der Waals surface area contributed by atoms with Crippen LogP contribution in [-0.2, 0) is 4.79 Å². The number of rotatable bonds is 5. The lowest BCUT2D eigenvalue weighted by Crippen LogP contribution is -2.45. The van der Waals surface area contributed by atoms with Crippen LogP contribution in [-0.4, -0.2) is 18.1 Å². The summed E-state index contributed by atoms with van der Waals surface area (Å²) in [4.78, 5) is 12.5. The van der Waals surface area contributed by atoms with Crippen LogP contribution in [0.3, 0.4) is 0 Å². The molecule has 0 aromatic heterocycles. The van der Waals surface area contributed by atoms with Crippen molar-refractivity contribution < 1.29 is 9.53 Å². The van der Waals surface area contributed by atoms with Gasteiger partial charge < -0.3 is 10.1 Å². The molecular formula is C18H25NO2. The molecule has 3 nitrogen and oxygen atoms in total. The minimum atomic E-state index is -0.384. The van der Waals surface area contributed by atoms with Gasteiger partial charge in [-0.3, -0.25) is 4.79 Å². The third kappa shape index (κ3) is 3.07. The van der Waals surface area contributed by atoms with E-state index in [1.807, 2.05) is 38.1 Å². The number of carbonyl (C=O) groups is 1. The first-order valence-corrected chi connectivity index (χ1v) is 8.20. The van der Waals surface area contributed by atoms with Crippen molar-refractivity contribution in [3.63, 3.8) is 0 Å². The van der Waals surface area contributed by atoms with E-state index in [1.165, 1.54) is 19.3 Å². The maximum absolute atomic E-state index is 12.5. The Morgan fingerprint density at radius 2 is 2.14 bits per heavy atom. The summed E-state index contributed by atoms with van der Waals surface area (Å²) in [6.45, 7) is 4.01. The van der Waals surface area contributed by atoms with Crippen LogP contribution in [0.5, 0.6) is 5.75 Å². The largest absolute Gasteiger partial charge is 0.480 e. The van der Waals surface area contributed by atoms with Crippen LogP contribution in [0.4, 0.5) is 0 Å². The molecule has 0 aliphatic heterocycles. The van der Waals surface area contributed by atoms with Gasteiger partial charge in [0.15, 0.2) is 6.10 Å². The van der Waals surface area contributed by atoms with Crippen molar-refractivity contribution in [2.24, 2.45) is 11.8 Å². The lowest BCUT2D eigenvalue weighted by atomic mass is 9.95. The maximum Gasteiger partial charge on any atom is 0.261 e. The van der Waals surface area contributed by atoms with Crippen molar-refractivity contribution in [2.75, 3.05) is 0 Å². The Kier molecular flexibility index (Phi) is 4.18. The fourth-order valence-corrected chi connectivity index (χ4v) is 3.86. The fourth-order valence-electron chi connectivity index (χ4n) is 3.86. The zero-order valence-corrected chi connectivity index (χ0v) is 13.0. The predicted octanol–water partition coefficient (Wildman–Crippen LogP) is 3.46. The van der Waals surface area contributed by atoms with Gasteiger partial charge >= 0.3 is 0 Å². The molecule has 2 aliphatic carbocycles. The van der Waals surface area contributed by atoms with E-state index in [-0.39, 0.29) is 12.0 Å². The zero-order chi connectivity index (χ0) is 14.8. The van der Waals surface area contributed by atoms with Crippen LogP contribution in [0.1, 0.15) is 44.6 Å². The Labute approximate surface area is 127 Å². The highest BCUT2D eigenvalue weighted by Gasteiger charge is 2.40. The average Bonchev–Trinajstić information content (AvgIpc) is 3.09. The van der Waals surface area contributed by atoms with Crippen molar-refractivity contribution in [3.05, 3.63) is 29.8 Å². The Morgan fingerprint density at radius 1 is 1.33 bits per heavy atom. The van der Waals surface area contributed by atoms with Gasteiger partial charge in [-0.25, -0.2) is 0 Å². The summed E-state index contributed by atoms with van der Waals surface area (Å²) in [6, 6.07) is 8.26. The topological polar surface area (TPSA) is 38.3 Å². The smallest absolute Gasteiger partial charge is 0.261 e. The molecule has 21 heavy (non-hydrogen) atoms. The summed E-state index contributed by atoms with van der Waals surface area (Å²) in [6.07, 6.45) is 5.42. The summed E-state index contributed by atoms with van der Waals surface area (Å²) < 4.78 is 5.93. The number of benzene rings is 1. The summed E-state index contributed by atoms with van der Waals surface area (Å²) in [5.41, 5.74) is 1.07. The van der Waals surface area contributed by atoms with E-state index in [0.29, 0.717) is 18.4 Å². The minimum Gasteiger partial charge on any atom is -0.480 e. The number of carbonyl (C=O) groups excluding carboxylic acids is 1. The highest BCUT2D eigenvalue weighted by Crippen LogP contribution is 2.44. The second-order valence-electron chi connectivity index (χ2n) is 6.57. The Morgan fingerprint density at radius 3 is 2.76 bits per heavy atom. The van der Waals surface area contributed by atoms with Crippen molar-refractivity contribution in [1.82, 2.24) is 5.32 Å². The molecule has 2 bridgehead atoms. The first kappa shape index (κ1) is 14.4. The van der Waals surface area contributed by atoms with Gasteiger partial charge in [0.2, 0.25) is 0 Å². The van der Waals surface area contributed by atoms with E-state index in [9.17, 15) is 4.79 Å². The lowest BCUT2D eigenvalue weighted by Gasteiger charge is -2.26. The zero-order valence-electron chi connectivity index (χ0n) is 13.0. The van der Waals surface area contributed by atoms with Crippen molar-refractivity contribution in [3.8, 4) is 5.75 Å². The molecule has 1 N–H and O–H groups in total. The molecule has 0 unspecified atom stereocenters. The van der Waals surface area contributed by atoms with E-state index in [0.717, 1.165) is 23.7 Å². The van der Waals surface area contributed by atoms with Gasteiger partial charge in [-0.05, 0) is 56.1 Å². The summed E-state index contributed by atoms with van der Waals surface area (Å²) in [5.74, 6) is 2.42. The quantitative estimate of drug-likeness (QED) is 0.900. The molecule has 1 aromatic carbocycles. The number of hydrogen-bond donors (Lipinski definition) is 1. The molecule has 3 rings (SSSR count). The molecule has 3 heteroatoms. The first-order chi connectivity index (χ1) is 10.2. The predicted molar refractivity (Wildman–Crippen MR) is 83.3 cm³/mol. The van der Waals surface area contributed by atoms with Gasteiger partial charge in [0.05, 0.1) is 0 Å². The molecule has 0 spiro atoms. The molecule has 1 amide bonds. The third-order valence-corrected chi connectivity index (χ3v) is 5.09. The maximum atomic E-state index is 12.5. The lowest BCUT2D eigenvalue weighted by molar-refractivity contribution is -0.129. The molecule has 2 fully saturated rings. The van der Waals surface area contributed by atoms with Crippen LogP contribution in [0.25, 0.3) is 0 Å². The average molecular weight is 287 g/mol. The molecule has 2 aliphatic rings. The Balaban J connectivity index is 1.60. The van der Waals surface area contributed by atoms with Crippen LogP contribution in [0.15, 0.2) is 24.3 Å². The van der Waals surface area contributed by atoms with E-state index >= 15 is 0 Å². The van der Waals surface area contributed by atoms with Crippen LogP contribution in [0, 0.1) is 18.8 Å². The molecule has 114 valence electrons. The van der Waals surface area contributed by atoms with E-state index in [4.69, 9.17) is 4.74 Å². The van der Waals surface area contributed by atoms with E-state index in [1.54, 1.807) is 0 Å². The van der Waals surface area contributed by atoms with Gasteiger partial charge in [0.1, 0.15) is 5.75 Å². The number of fused-ring (bicyclic) bond motifs is 2. The highest BCUT2D eigenvalue weighted by atomic mass is 16.5. The second-order valence-corrected chi connectivity index (χ2v) is 6.57. The summed E-state index contributed by atoms with van der Waals surface area (Å²) in [7, 11) is 0. The van der Waals surface area contributed by atoms with Gasteiger partial charge in [0.25, 0.3) is 5.91 Å². The number of amides is 1. The molecule has 2 saturated carbocycles. The molecule has 0 saturated heterocycles. The highest BCUT2D eigenvalue weighted by molar-refractivity contribution is 5.81. The Hall–Kier alpha value is -1.51. The van der Waals surface area contributed by atoms with Crippen LogP contribution in [0.2, 0.25) is 0 Å². The molecule has 4 atom stereocenters. The molecule has 0 radical (unpaired) electrons. The van der Waals surface area contributed by atoms with E-state index in [2.05, 4.69) is 5.32 Å². The summed E-state index contributed by atoms with van der Waals surface area (Å²) in [5, 5.41) is 3.24. The van der Waals surface area contributed by atoms with Crippen molar-refractivity contribution in [1.29, 1.82) is 0 Å². The Bertz CT molecular complexity index is 514. The standard InChI is InChI=1S/C18H25NO2/c1-3-16(21-17-7-5-4-6-12(17)2)18(20)19-15-11-13-8-9-14(15)10-13/h4-7,13-16H,3,8-11H2,1-2H3,(H,19,20)/t13-,14-,15+,16+/m1/s1. The van der Waals surface area contributed by atoms with Crippen molar-refractivity contribution in [2.45, 2.75) is 58.1 Å². The third-order valence-electron chi connectivity index (χ3n) is 5.09. The normalized spacial score (nSPS) is 28.4. The molecular weight excluding hydrogens is 262 g/mol. The molecule has 0 heterocycles. The number of para-hydroxylation sites is 1. The number of hydrogen-bond acceptors (Lipinski definition) is 2. The van der Waals surface area contributed by atoms with Gasteiger partial charge in [-0.1, -0.05) is 31.5 Å². The van der Waals surface area contributed by atoms with E-state index < -0.39 is 0 Å². The molecule has 1 aromatic rings. The monoisotopic (exact) mass is 287 g/mol. The van der Waals surface area contributed by atoms with Crippen molar-refractivity contribution >= 4 is 5.91 Å². The van der Waals surface area contributed by atoms with Gasteiger partial charge in [-0.15, -0.1) is 0 Å². The minimum absolute atomic E-state index is 0.0540. The van der Waals surface area contributed by atoms with Crippen LogP contribution >= 0.6 is 0 Å². The SMILES string of the molecule is CC[C@H](Oc1ccccc1C)C(=O)N[C@H]1C[C@@H]2CC[C@@H]1C2. The second kappa shape index (κ2) is 6.08. The number of ether oxygens (including phenoxy) is 1. The summed E-state index contributed by atoms with van der Waals surface area (Å²) >= 11 is 0. The number of nitrogens with one attached hydrogen (secondary N) is 1. The number of aryl methyl sites for hydroxylation is 1. The van der Waals surface area contributed by atoms with Crippen LogP contribution < -0.4 is 10.1 Å².